The maximum atomic E-state index is 11.3. The highest BCUT2D eigenvalue weighted by Crippen LogP contribution is 2.68. The lowest BCUT2D eigenvalue weighted by molar-refractivity contribution is -0.250. The number of rotatable bonds is 14. The third kappa shape index (κ3) is 6.69. The first-order chi connectivity index (χ1) is 19.9. The summed E-state index contributed by atoms with van der Waals surface area (Å²) in [6.07, 6.45) is 18.5. The van der Waals surface area contributed by atoms with Crippen molar-refractivity contribution in [3.63, 3.8) is 0 Å². The van der Waals surface area contributed by atoms with Gasteiger partial charge in [0.1, 0.15) is 6.79 Å². The molecular formula is C34H58O7. The van der Waals surface area contributed by atoms with Gasteiger partial charge >= 0.3 is 5.97 Å². The Bertz CT molecular complexity index is 843. The molecule has 8 atom stereocenters. The Balaban J connectivity index is 1.19. The van der Waals surface area contributed by atoms with Gasteiger partial charge in [0.05, 0.1) is 32.5 Å². The van der Waals surface area contributed by atoms with Crippen LogP contribution in [0.3, 0.4) is 0 Å². The van der Waals surface area contributed by atoms with E-state index in [0.29, 0.717) is 43.0 Å². The van der Waals surface area contributed by atoms with Crippen LogP contribution in [0.4, 0.5) is 0 Å². The number of fused-ring (bicyclic) bond motifs is 5. The number of hydrogen-bond donors (Lipinski definition) is 0. The van der Waals surface area contributed by atoms with Gasteiger partial charge in [0, 0.05) is 33.0 Å². The first-order valence-corrected chi connectivity index (χ1v) is 16.9. The molecule has 0 aromatic rings. The number of hydrogen-bond acceptors (Lipinski definition) is 7. The molecule has 5 rings (SSSR count). The van der Waals surface area contributed by atoms with Crippen LogP contribution in [-0.2, 0) is 33.2 Å². The molecule has 0 bridgehead atoms. The standard InChI is InChI=1S/C34H58O7/c1-32-17-18-34(40-20-21-41-34)22-25(32)13-14-26-27-15-16-29(39-24-36-3)33(27,2)23-28(31(26)32)38-19-11-9-7-5-6-8-10-12-30(35)37-4/h25-29,31H,5-24H2,1-4H3/t25-,26-,27-,28-,29-,31+,32-,33-/m0/s1. The Labute approximate surface area is 249 Å². The monoisotopic (exact) mass is 578 g/mol. The minimum atomic E-state index is -0.317. The summed E-state index contributed by atoms with van der Waals surface area (Å²) in [5.41, 5.74) is 0.441. The predicted molar refractivity (Wildman–Crippen MR) is 157 cm³/mol. The first-order valence-electron chi connectivity index (χ1n) is 16.9. The van der Waals surface area contributed by atoms with Crippen molar-refractivity contribution in [3.8, 4) is 0 Å². The maximum absolute atomic E-state index is 11.3. The van der Waals surface area contributed by atoms with Crippen molar-refractivity contribution in [2.75, 3.05) is 40.8 Å². The summed E-state index contributed by atoms with van der Waals surface area (Å²) in [4.78, 5) is 11.3. The topological polar surface area (TPSA) is 72.5 Å². The van der Waals surface area contributed by atoms with Gasteiger partial charge in [0.15, 0.2) is 5.79 Å². The lowest BCUT2D eigenvalue weighted by Crippen LogP contribution is -2.61. The zero-order valence-electron chi connectivity index (χ0n) is 26.5. The van der Waals surface area contributed by atoms with E-state index in [0.717, 1.165) is 64.8 Å². The smallest absolute Gasteiger partial charge is 0.305 e. The second-order valence-corrected chi connectivity index (χ2v) is 14.4. The molecule has 7 nitrogen and oxygen atoms in total. The SMILES string of the molecule is COCO[C@H]1CC[C@H]2[C@@H]3CC[C@H]4CC5(CC[C@]4(C)[C@H]3[C@@H](OCCCCCCCCCC(=O)OC)C[C@]12C)OCCO5. The number of methoxy groups -OCH3 is 2. The second-order valence-electron chi connectivity index (χ2n) is 14.4. The van der Waals surface area contributed by atoms with Crippen molar-refractivity contribution < 1.29 is 33.2 Å². The molecule has 4 saturated carbocycles. The van der Waals surface area contributed by atoms with Crippen molar-refractivity contribution in [1.29, 1.82) is 0 Å². The Hall–Kier alpha value is -0.730. The van der Waals surface area contributed by atoms with E-state index < -0.39 is 0 Å². The van der Waals surface area contributed by atoms with E-state index in [9.17, 15) is 4.79 Å². The van der Waals surface area contributed by atoms with E-state index in [1.54, 1.807) is 7.11 Å². The minimum Gasteiger partial charge on any atom is -0.469 e. The molecule has 1 heterocycles. The molecular weight excluding hydrogens is 520 g/mol. The molecule has 0 aromatic carbocycles. The summed E-state index contributed by atoms with van der Waals surface area (Å²) in [6, 6.07) is 0. The summed E-state index contributed by atoms with van der Waals surface area (Å²) in [5.74, 6) is 2.26. The van der Waals surface area contributed by atoms with E-state index in [4.69, 9.17) is 28.4 Å². The largest absolute Gasteiger partial charge is 0.469 e. The maximum Gasteiger partial charge on any atom is 0.305 e. The minimum absolute atomic E-state index is 0.0902. The van der Waals surface area contributed by atoms with E-state index in [1.807, 2.05) is 0 Å². The van der Waals surface area contributed by atoms with Gasteiger partial charge < -0.3 is 28.4 Å². The van der Waals surface area contributed by atoms with E-state index in [1.165, 1.54) is 58.5 Å². The molecule has 0 aromatic heterocycles. The van der Waals surface area contributed by atoms with Crippen LogP contribution in [-0.4, -0.2) is 64.8 Å². The molecule has 41 heavy (non-hydrogen) atoms. The molecule has 0 N–H and O–H groups in total. The van der Waals surface area contributed by atoms with Gasteiger partial charge in [-0.05, 0) is 85.9 Å². The van der Waals surface area contributed by atoms with Crippen LogP contribution in [0, 0.1) is 34.5 Å². The van der Waals surface area contributed by atoms with Crippen LogP contribution in [0.1, 0.15) is 117 Å². The summed E-state index contributed by atoms with van der Waals surface area (Å²) in [7, 11) is 3.20. The normalized spacial score (nSPS) is 39.3. The Morgan fingerprint density at radius 1 is 0.805 bits per heavy atom. The van der Waals surface area contributed by atoms with E-state index >= 15 is 0 Å². The van der Waals surface area contributed by atoms with Crippen molar-refractivity contribution in [2.45, 2.75) is 135 Å². The van der Waals surface area contributed by atoms with Crippen molar-refractivity contribution in [1.82, 2.24) is 0 Å². The van der Waals surface area contributed by atoms with Crippen LogP contribution >= 0.6 is 0 Å². The quantitative estimate of drug-likeness (QED) is 0.124. The highest BCUT2D eigenvalue weighted by Gasteiger charge is 2.65. The Morgan fingerprint density at radius 2 is 1.54 bits per heavy atom. The van der Waals surface area contributed by atoms with Gasteiger partial charge in [-0.3, -0.25) is 4.79 Å². The fraction of sp³-hybridized carbons (Fsp3) is 0.971. The van der Waals surface area contributed by atoms with E-state index in [2.05, 4.69) is 13.8 Å². The molecule has 0 radical (unpaired) electrons. The molecule has 1 aliphatic heterocycles. The lowest BCUT2D eigenvalue weighted by Gasteiger charge is -2.63. The highest BCUT2D eigenvalue weighted by atomic mass is 16.7. The second kappa shape index (κ2) is 13.9. The number of unbranched alkanes of at least 4 members (excludes halogenated alkanes) is 6. The molecule has 0 unspecified atom stereocenters. The van der Waals surface area contributed by atoms with Gasteiger partial charge in [-0.1, -0.05) is 46.0 Å². The zero-order valence-corrected chi connectivity index (χ0v) is 26.5. The average molecular weight is 579 g/mol. The first kappa shape index (κ1) is 31.7. The van der Waals surface area contributed by atoms with Crippen LogP contribution in [0.25, 0.3) is 0 Å². The summed E-state index contributed by atoms with van der Waals surface area (Å²) in [5, 5.41) is 0. The van der Waals surface area contributed by atoms with Crippen LogP contribution < -0.4 is 0 Å². The molecule has 0 amide bonds. The van der Waals surface area contributed by atoms with Crippen LogP contribution in [0.15, 0.2) is 0 Å². The summed E-state index contributed by atoms with van der Waals surface area (Å²) < 4.78 is 35.8. The van der Waals surface area contributed by atoms with E-state index in [-0.39, 0.29) is 28.7 Å². The summed E-state index contributed by atoms with van der Waals surface area (Å²) in [6.45, 7) is 7.84. The van der Waals surface area contributed by atoms with Gasteiger partial charge in [-0.25, -0.2) is 0 Å². The third-order valence-electron chi connectivity index (χ3n) is 12.3. The fourth-order valence-electron chi connectivity index (χ4n) is 10.2. The average Bonchev–Trinajstić information content (AvgIpc) is 3.56. The van der Waals surface area contributed by atoms with Crippen molar-refractivity contribution in [3.05, 3.63) is 0 Å². The fourth-order valence-corrected chi connectivity index (χ4v) is 10.2. The van der Waals surface area contributed by atoms with Crippen molar-refractivity contribution in [2.24, 2.45) is 34.5 Å². The molecule has 7 heteroatoms. The van der Waals surface area contributed by atoms with Crippen LogP contribution in [0.5, 0.6) is 0 Å². The van der Waals surface area contributed by atoms with Gasteiger partial charge in [-0.15, -0.1) is 0 Å². The van der Waals surface area contributed by atoms with Gasteiger partial charge in [0.25, 0.3) is 0 Å². The molecule has 236 valence electrons. The predicted octanol–water partition coefficient (Wildman–Crippen LogP) is 7.05. The van der Waals surface area contributed by atoms with Gasteiger partial charge in [0.2, 0.25) is 0 Å². The number of ether oxygens (including phenoxy) is 6. The molecule has 1 saturated heterocycles. The Morgan fingerprint density at radius 3 is 2.27 bits per heavy atom. The lowest BCUT2D eigenvalue weighted by atomic mass is 9.44. The zero-order chi connectivity index (χ0) is 28.9. The van der Waals surface area contributed by atoms with Crippen LogP contribution in [0.2, 0.25) is 0 Å². The Kier molecular flexibility index (Phi) is 10.8. The van der Waals surface area contributed by atoms with Gasteiger partial charge in [-0.2, -0.15) is 0 Å². The molecule has 4 aliphatic carbocycles. The van der Waals surface area contributed by atoms with Crippen molar-refractivity contribution >= 4 is 5.97 Å². The third-order valence-corrected chi connectivity index (χ3v) is 12.3. The number of carbonyl (C=O) groups is 1. The number of esters is 1. The summed E-state index contributed by atoms with van der Waals surface area (Å²) >= 11 is 0. The molecule has 5 fully saturated rings. The number of carbonyl (C=O) groups excluding carboxylic acids is 1. The molecule has 5 aliphatic rings. The molecule has 1 spiro atoms. The highest BCUT2D eigenvalue weighted by molar-refractivity contribution is 5.68.